The van der Waals surface area contributed by atoms with Crippen LogP contribution < -0.4 is 5.56 Å². The van der Waals surface area contributed by atoms with Crippen LogP contribution in [0.2, 0.25) is 0 Å². The Balaban J connectivity index is 1.57. The lowest BCUT2D eigenvalue weighted by Crippen LogP contribution is -2.26. The zero-order valence-electron chi connectivity index (χ0n) is 14.8. The molecule has 1 aliphatic rings. The summed E-state index contributed by atoms with van der Waals surface area (Å²) in [6.07, 6.45) is 2.16. The fourth-order valence-electron chi connectivity index (χ4n) is 3.50. The van der Waals surface area contributed by atoms with Gasteiger partial charge in [-0.1, -0.05) is 30.3 Å². The molecule has 0 saturated heterocycles. The first-order valence-corrected chi connectivity index (χ1v) is 8.89. The predicted octanol–water partition coefficient (Wildman–Crippen LogP) is 2.84. The zero-order chi connectivity index (χ0) is 19.0. The molecule has 1 aromatic heterocycles. The highest BCUT2D eigenvalue weighted by atomic mass is 16.5. The molecule has 0 aliphatic heterocycles. The van der Waals surface area contributed by atoms with E-state index in [0.29, 0.717) is 16.3 Å². The monoisotopic (exact) mass is 362 g/mol. The maximum absolute atomic E-state index is 12.7. The molecule has 27 heavy (non-hydrogen) atoms. The van der Waals surface area contributed by atoms with Crippen LogP contribution in [0.15, 0.2) is 47.3 Å². The number of carbonyl (C=O) groups is 2. The minimum atomic E-state index is -0.954. The maximum Gasteiger partial charge on any atom is 0.360 e. The summed E-state index contributed by atoms with van der Waals surface area (Å²) >= 11 is 0. The number of hydrogen-bond donors (Lipinski definition) is 1. The van der Waals surface area contributed by atoms with Gasteiger partial charge in [0.25, 0.3) is 5.56 Å². The van der Waals surface area contributed by atoms with E-state index in [4.69, 9.17) is 4.74 Å². The molecular formula is C21H18N2O4. The minimum absolute atomic E-state index is 0.0150. The van der Waals surface area contributed by atoms with E-state index in [1.165, 1.54) is 11.1 Å². The van der Waals surface area contributed by atoms with Crippen molar-refractivity contribution in [1.82, 2.24) is 10.2 Å². The number of fused-ring (bicyclic) bond motifs is 2. The number of ketones is 1. The number of rotatable bonds is 4. The molecule has 0 radical (unpaired) electrons. The Hall–Kier alpha value is -3.28. The number of carbonyl (C=O) groups excluding carboxylic acids is 2. The molecule has 1 aliphatic carbocycles. The van der Waals surface area contributed by atoms with Crippen molar-refractivity contribution < 1.29 is 14.3 Å². The predicted molar refractivity (Wildman–Crippen MR) is 100 cm³/mol. The van der Waals surface area contributed by atoms with Crippen molar-refractivity contribution in [2.24, 2.45) is 0 Å². The minimum Gasteiger partial charge on any atom is -0.449 e. The quantitative estimate of drug-likeness (QED) is 0.569. The molecule has 6 heteroatoms. The lowest BCUT2D eigenvalue weighted by molar-refractivity contribution is 0.0314. The van der Waals surface area contributed by atoms with Gasteiger partial charge in [-0.15, -0.1) is 0 Å². The molecule has 136 valence electrons. The highest BCUT2D eigenvalue weighted by Gasteiger charge is 2.24. The second-order valence-corrected chi connectivity index (χ2v) is 6.70. The van der Waals surface area contributed by atoms with Crippen LogP contribution in [0.1, 0.15) is 45.3 Å². The number of esters is 1. The molecule has 6 nitrogen and oxygen atoms in total. The number of hydrogen-bond acceptors (Lipinski definition) is 5. The van der Waals surface area contributed by atoms with Gasteiger partial charge in [0, 0.05) is 10.9 Å². The van der Waals surface area contributed by atoms with E-state index in [9.17, 15) is 14.4 Å². The Morgan fingerprint density at radius 3 is 2.63 bits per heavy atom. The number of nitrogens with one attached hydrogen (secondary N) is 1. The van der Waals surface area contributed by atoms with Crippen molar-refractivity contribution in [3.63, 3.8) is 0 Å². The Morgan fingerprint density at radius 1 is 1.07 bits per heavy atom. The van der Waals surface area contributed by atoms with E-state index in [2.05, 4.69) is 10.2 Å². The normalized spacial score (nSPS) is 14.0. The van der Waals surface area contributed by atoms with Crippen LogP contribution in [-0.2, 0) is 17.6 Å². The average Bonchev–Trinajstić information content (AvgIpc) is 3.15. The van der Waals surface area contributed by atoms with Crippen LogP contribution in [0.3, 0.4) is 0 Å². The van der Waals surface area contributed by atoms with Crippen molar-refractivity contribution >= 4 is 22.5 Å². The summed E-state index contributed by atoms with van der Waals surface area (Å²) in [5.74, 6) is -1.00. The van der Waals surface area contributed by atoms with Gasteiger partial charge < -0.3 is 4.74 Å². The van der Waals surface area contributed by atoms with Gasteiger partial charge in [0.2, 0.25) is 5.78 Å². The number of aromatic nitrogens is 2. The topological polar surface area (TPSA) is 89.1 Å². The second-order valence-electron chi connectivity index (χ2n) is 6.70. The zero-order valence-corrected chi connectivity index (χ0v) is 14.8. The number of aryl methyl sites for hydroxylation is 2. The first kappa shape index (κ1) is 17.1. The van der Waals surface area contributed by atoms with E-state index < -0.39 is 12.1 Å². The Kier molecular flexibility index (Phi) is 4.32. The number of benzene rings is 2. The van der Waals surface area contributed by atoms with Crippen LogP contribution in [0.5, 0.6) is 0 Å². The van der Waals surface area contributed by atoms with Crippen LogP contribution in [-0.4, -0.2) is 28.1 Å². The number of ether oxygens (including phenoxy) is 1. The summed E-state index contributed by atoms with van der Waals surface area (Å²) in [6, 6.07) is 12.3. The van der Waals surface area contributed by atoms with Gasteiger partial charge in [-0.3, -0.25) is 9.59 Å². The summed E-state index contributed by atoms with van der Waals surface area (Å²) in [4.78, 5) is 37.1. The van der Waals surface area contributed by atoms with Gasteiger partial charge in [-0.2, -0.15) is 5.10 Å². The average molecular weight is 362 g/mol. The molecule has 0 bridgehead atoms. The molecule has 4 rings (SSSR count). The highest BCUT2D eigenvalue weighted by Crippen LogP contribution is 2.24. The highest BCUT2D eigenvalue weighted by molar-refractivity contribution is 6.05. The molecule has 0 fully saturated rings. The van der Waals surface area contributed by atoms with E-state index in [0.717, 1.165) is 19.3 Å². The van der Waals surface area contributed by atoms with Gasteiger partial charge >= 0.3 is 5.97 Å². The first-order chi connectivity index (χ1) is 13.0. The van der Waals surface area contributed by atoms with Crippen molar-refractivity contribution in [3.8, 4) is 0 Å². The van der Waals surface area contributed by atoms with Gasteiger partial charge in [-0.05, 0) is 49.4 Å². The lowest BCUT2D eigenvalue weighted by Gasteiger charge is -2.13. The van der Waals surface area contributed by atoms with Gasteiger partial charge in [0.05, 0.1) is 5.39 Å². The van der Waals surface area contributed by atoms with Crippen molar-refractivity contribution in [2.75, 3.05) is 0 Å². The summed E-state index contributed by atoms with van der Waals surface area (Å²) in [7, 11) is 0. The number of H-pyrrole nitrogens is 1. The van der Waals surface area contributed by atoms with Gasteiger partial charge in [-0.25, -0.2) is 9.89 Å². The van der Waals surface area contributed by atoms with E-state index >= 15 is 0 Å². The Bertz CT molecular complexity index is 1120. The molecule has 1 heterocycles. The Labute approximate surface area is 155 Å². The summed E-state index contributed by atoms with van der Waals surface area (Å²) in [5.41, 5.74) is 2.60. The largest absolute Gasteiger partial charge is 0.449 e. The van der Waals surface area contributed by atoms with Crippen molar-refractivity contribution in [3.05, 3.63) is 75.2 Å². The molecule has 0 saturated carbocycles. The number of Topliss-reactive ketones (excluding diaryl/α,β-unsaturated/α-hetero) is 1. The van der Waals surface area contributed by atoms with Crippen LogP contribution >= 0.6 is 0 Å². The molecule has 1 atom stereocenters. The molecule has 1 unspecified atom stereocenters. The first-order valence-electron chi connectivity index (χ1n) is 8.89. The molecule has 0 spiro atoms. The molecule has 0 amide bonds. The third-order valence-electron chi connectivity index (χ3n) is 4.93. The van der Waals surface area contributed by atoms with Crippen molar-refractivity contribution in [1.29, 1.82) is 0 Å². The van der Waals surface area contributed by atoms with E-state index in [-0.39, 0.29) is 17.0 Å². The van der Waals surface area contributed by atoms with Gasteiger partial charge in [0.1, 0.15) is 0 Å². The summed E-state index contributed by atoms with van der Waals surface area (Å²) in [6.45, 7) is 1.54. The summed E-state index contributed by atoms with van der Waals surface area (Å²) in [5, 5.41) is 6.85. The lowest BCUT2D eigenvalue weighted by atomic mass is 10.0. The maximum atomic E-state index is 12.7. The second kappa shape index (κ2) is 6.79. The molecule has 2 aromatic carbocycles. The molecule has 1 N–H and O–H groups in total. The van der Waals surface area contributed by atoms with E-state index in [1.54, 1.807) is 37.3 Å². The third kappa shape index (κ3) is 3.14. The van der Waals surface area contributed by atoms with Crippen LogP contribution in [0.25, 0.3) is 10.8 Å². The van der Waals surface area contributed by atoms with Crippen molar-refractivity contribution in [2.45, 2.75) is 32.3 Å². The Morgan fingerprint density at radius 2 is 1.81 bits per heavy atom. The fourth-order valence-corrected chi connectivity index (χ4v) is 3.50. The molecular weight excluding hydrogens is 344 g/mol. The number of nitrogens with zero attached hydrogens (tertiary/aromatic N) is 1. The van der Waals surface area contributed by atoms with Gasteiger partial charge in [0.15, 0.2) is 11.8 Å². The van der Waals surface area contributed by atoms with Crippen LogP contribution in [0.4, 0.5) is 0 Å². The molecule has 3 aromatic rings. The fraction of sp³-hybridized carbons (Fsp3) is 0.238. The number of aromatic amines is 1. The standard InChI is InChI=1S/C21H18N2O4/c1-12(19(24)15-10-9-13-5-4-6-14(13)11-15)27-21(26)18-16-7-2-3-8-17(16)20(25)23-22-18/h2-3,7-12H,4-6H2,1H3,(H,23,25). The van der Waals surface area contributed by atoms with E-state index in [1.807, 2.05) is 12.1 Å². The third-order valence-corrected chi connectivity index (χ3v) is 4.93. The summed E-state index contributed by atoms with van der Waals surface area (Å²) < 4.78 is 5.35. The van der Waals surface area contributed by atoms with Crippen LogP contribution in [0, 0.1) is 0 Å². The SMILES string of the molecule is CC(OC(=O)c1n[nH]c(=O)c2ccccc12)C(=O)c1ccc2c(c1)CCC2. The smallest absolute Gasteiger partial charge is 0.360 e.